The highest BCUT2D eigenvalue weighted by molar-refractivity contribution is 5.71. The van der Waals surface area contributed by atoms with E-state index in [9.17, 15) is 14.4 Å². The van der Waals surface area contributed by atoms with Gasteiger partial charge in [-0.1, -0.05) is 351 Å². The van der Waals surface area contributed by atoms with Crippen LogP contribution in [0.2, 0.25) is 0 Å². The highest BCUT2D eigenvalue weighted by Crippen LogP contribution is 2.18. The molecule has 0 aliphatic heterocycles. The van der Waals surface area contributed by atoms with Gasteiger partial charge in [-0.15, -0.1) is 0 Å². The van der Waals surface area contributed by atoms with E-state index in [1.54, 1.807) is 0 Å². The lowest BCUT2D eigenvalue weighted by molar-refractivity contribution is -0.167. The first-order valence-corrected chi connectivity index (χ1v) is 36.4. The van der Waals surface area contributed by atoms with Gasteiger partial charge in [0.25, 0.3) is 0 Å². The summed E-state index contributed by atoms with van der Waals surface area (Å²) in [6.45, 7) is 6.54. The average molecular weight is 1160 g/mol. The SMILES string of the molecule is CC/C=C\C/C=C\C/C=C\C/C=C\C/C=C\CCCC(=O)OCC(COC(=O)CCCCCCCCCCCCCCCCCCC/C=C\CCCCCCCCCC)OC(=O)CCCCCCCCCCCCCCCCCCCCC. The Kier molecular flexibility index (Phi) is 68.6. The number of carbonyl (C=O) groups excluding carboxylic acids is 3. The largest absolute Gasteiger partial charge is 0.462 e. The third kappa shape index (κ3) is 69.5. The van der Waals surface area contributed by atoms with Crippen LogP contribution >= 0.6 is 0 Å². The molecule has 0 fully saturated rings. The molecule has 0 spiro atoms. The Morgan fingerprint density at radius 2 is 0.482 bits per heavy atom. The zero-order chi connectivity index (χ0) is 59.9. The van der Waals surface area contributed by atoms with Gasteiger partial charge in [0.2, 0.25) is 0 Å². The molecule has 0 saturated heterocycles. The van der Waals surface area contributed by atoms with Crippen LogP contribution in [0.15, 0.2) is 72.9 Å². The summed E-state index contributed by atoms with van der Waals surface area (Å²) in [4.78, 5) is 38.5. The fourth-order valence-corrected chi connectivity index (χ4v) is 10.8. The van der Waals surface area contributed by atoms with Gasteiger partial charge in [-0.05, 0) is 83.5 Å². The average Bonchev–Trinajstić information content (AvgIpc) is 3.50. The van der Waals surface area contributed by atoms with Crippen LogP contribution in [0.4, 0.5) is 0 Å². The quantitative estimate of drug-likeness (QED) is 0.0261. The third-order valence-electron chi connectivity index (χ3n) is 16.2. The lowest BCUT2D eigenvalue weighted by Crippen LogP contribution is -2.30. The van der Waals surface area contributed by atoms with E-state index in [0.717, 1.165) is 77.0 Å². The lowest BCUT2D eigenvalue weighted by Gasteiger charge is -2.18. The zero-order valence-corrected chi connectivity index (χ0v) is 55.5. The number of hydrogen-bond donors (Lipinski definition) is 0. The molecule has 0 aromatic carbocycles. The molecule has 1 atom stereocenters. The van der Waals surface area contributed by atoms with Crippen molar-refractivity contribution in [3.63, 3.8) is 0 Å². The lowest BCUT2D eigenvalue weighted by atomic mass is 10.0. The van der Waals surface area contributed by atoms with Gasteiger partial charge in [0.1, 0.15) is 13.2 Å². The molecule has 6 nitrogen and oxygen atoms in total. The predicted molar refractivity (Wildman–Crippen MR) is 362 cm³/mol. The fourth-order valence-electron chi connectivity index (χ4n) is 10.8. The number of hydrogen-bond acceptors (Lipinski definition) is 6. The van der Waals surface area contributed by atoms with Crippen LogP contribution in [0, 0.1) is 0 Å². The van der Waals surface area contributed by atoms with Gasteiger partial charge in [-0.3, -0.25) is 14.4 Å². The maximum absolute atomic E-state index is 13.0. The molecule has 0 rings (SSSR count). The van der Waals surface area contributed by atoms with E-state index >= 15 is 0 Å². The molecule has 83 heavy (non-hydrogen) atoms. The van der Waals surface area contributed by atoms with E-state index in [0.29, 0.717) is 19.3 Å². The standard InChI is InChI=1S/C77H138O6/c1-4-7-10-13-16-19-22-25-28-31-33-34-35-36-37-38-39-40-41-42-44-46-49-52-55-58-61-64-67-70-76(79)82-73-74(72-81-75(78)69-66-63-60-57-54-51-48-45-30-27-24-21-18-15-12-9-6-3)83-77(80)71-68-65-62-59-56-53-50-47-43-32-29-26-23-20-17-14-11-8-5-2/h9,12,18,21,27,30-31,33,48,51,57,60,74H,4-8,10-11,13-17,19-20,22-26,28-29,32,34-47,49-50,52-56,58-59,61-73H2,1-3H3/b12-9-,21-18-,30-27-,33-31-,51-48-,60-57-. The zero-order valence-electron chi connectivity index (χ0n) is 55.5. The van der Waals surface area contributed by atoms with Gasteiger partial charge in [0.05, 0.1) is 0 Å². The molecular weight excluding hydrogens is 1020 g/mol. The summed E-state index contributed by atoms with van der Waals surface area (Å²) in [6, 6.07) is 0. The van der Waals surface area contributed by atoms with E-state index in [2.05, 4.69) is 93.7 Å². The first-order valence-electron chi connectivity index (χ1n) is 36.4. The first kappa shape index (κ1) is 79.8. The number of rotatable bonds is 67. The van der Waals surface area contributed by atoms with Crippen LogP contribution < -0.4 is 0 Å². The molecule has 0 N–H and O–H groups in total. The third-order valence-corrected chi connectivity index (χ3v) is 16.2. The summed E-state index contributed by atoms with van der Waals surface area (Å²) in [5.74, 6) is -0.925. The van der Waals surface area contributed by atoms with Crippen molar-refractivity contribution >= 4 is 17.9 Å². The van der Waals surface area contributed by atoms with Crippen molar-refractivity contribution in [2.24, 2.45) is 0 Å². The van der Waals surface area contributed by atoms with Crippen molar-refractivity contribution in [2.45, 2.75) is 386 Å². The first-order chi connectivity index (χ1) is 41.0. The minimum Gasteiger partial charge on any atom is -0.462 e. The van der Waals surface area contributed by atoms with E-state index in [1.165, 1.54) is 257 Å². The van der Waals surface area contributed by atoms with Crippen molar-refractivity contribution in [3.8, 4) is 0 Å². The van der Waals surface area contributed by atoms with Crippen molar-refractivity contribution in [2.75, 3.05) is 13.2 Å². The molecular formula is C77H138O6. The van der Waals surface area contributed by atoms with Crippen molar-refractivity contribution in [1.82, 2.24) is 0 Å². The van der Waals surface area contributed by atoms with E-state index in [4.69, 9.17) is 14.2 Å². The minimum atomic E-state index is -0.798. The summed E-state index contributed by atoms with van der Waals surface area (Å²) < 4.78 is 17.0. The molecule has 482 valence electrons. The molecule has 0 bridgehead atoms. The summed E-state index contributed by atoms with van der Waals surface area (Å²) >= 11 is 0. The Labute approximate surface area is 516 Å². The molecule has 0 aliphatic carbocycles. The van der Waals surface area contributed by atoms with Crippen molar-refractivity contribution < 1.29 is 28.6 Å². The van der Waals surface area contributed by atoms with E-state index in [-0.39, 0.29) is 37.5 Å². The van der Waals surface area contributed by atoms with Gasteiger partial charge < -0.3 is 14.2 Å². The maximum Gasteiger partial charge on any atom is 0.306 e. The molecule has 0 saturated carbocycles. The number of allylic oxidation sites excluding steroid dienone is 12. The van der Waals surface area contributed by atoms with Gasteiger partial charge in [-0.25, -0.2) is 0 Å². The van der Waals surface area contributed by atoms with Crippen LogP contribution in [0.3, 0.4) is 0 Å². The Bertz CT molecular complexity index is 1520. The summed E-state index contributed by atoms with van der Waals surface area (Å²) in [6.07, 6.45) is 93.8. The number of carbonyl (C=O) groups is 3. The Hall–Kier alpha value is -3.15. The minimum absolute atomic E-state index is 0.0885. The highest BCUT2D eigenvalue weighted by atomic mass is 16.6. The number of esters is 3. The fraction of sp³-hybridized carbons (Fsp3) is 0.805. The smallest absolute Gasteiger partial charge is 0.306 e. The molecule has 0 radical (unpaired) electrons. The molecule has 0 aromatic heterocycles. The normalized spacial score (nSPS) is 12.5. The van der Waals surface area contributed by atoms with Gasteiger partial charge in [0, 0.05) is 19.3 Å². The van der Waals surface area contributed by atoms with Crippen LogP contribution in [0.1, 0.15) is 380 Å². The Morgan fingerprint density at radius 1 is 0.253 bits per heavy atom. The monoisotopic (exact) mass is 1160 g/mol. The van der Waals surface area contributed by atoms with Crippen LogP contribution in [-0.4, -0.2) is 37.2 Å². The predicted octanol–water partition coefficient (Wildman–Crippen LogP) is 25.2. The second-order valence-electron chi connectivity index (χ2n) is 24.5. The van der Waals surface area contributed by atoms with Gasteiger partial charge in [0.15, 0.2) is 6.10 Å². The molecule has 0 aromatic rings. The second-order valence-corrected chi connectivity index (χ2v) is 24.5. The summed E-state index contributed by atoms with van der Waals surface area (Å²) in [7, 11) is 0. The van der Waals surface area contributed by atoms with Crippen molar-refractivity contribution in [3.05, 3.63) is 72.9 Å². The van der Waals surface area contributed by atoms with Gasteiger partial charge in [-0.2, -0.15) is 0 Å². The Morgan fingerprint density at radius 3 is 0.795 bits per heavy atom. The summed E-state index contributed by atoms with van der Waals surface area (Å²) in [5, 5.41) is 0. The molecule has 6 heteroatoms. The van der Waals surface area contributed by atoms with E-state index in [1.807, 2.05) is 0 Å². The highest BCUT2D eigenvalue weighted by Gasteiger charge is 2.19. The number of ether oxygens (including phenoxy) is 3. The second kappa shape index (κ2) is 71.3. The molecule has 0 heterocycles. The van der Waals surface area contributed by atoms with Crippen LogP contribution in [-0.2, 0) is 28.6 Å². The maximum atomic E-state index is 13.0. The topological polar surface area (TPSA) is 78.9 Å². The van der Waals surface area contributed by atoms with E-state index < -0.39 is 6.10 Å². The van der Waals surface area contributed by atoms with Crippen molar-refractivity contribution in [1.29, 1.82) is 0 Å². The summed E-state index contributed by atoms with van der Waals surface area (Å²) in [5.41, 5.74) is 0. The molecule has 1 unspecified atom stereocenters. The molecule has 0 aliphatic rings. The molecule has 0 amide bonds. The van der Waals surface area contributed by atoms with Crippen LogP contribution in [0.25, 0.3) is 0 Å². The van der Waals surface area contributed by atoms with Crippen LogP contribution in [0.5, 0.6) is 0 Å². The van der Waals surface area contributed by atoms with Gasteiger partial charge >= 0.3 is 17.9 Å². The Balaban J connectivity index is 4.29. The number of unbranched alkanes of at least 4 members (excludes halogenated alkanes) is 44.